The van der Waals surface area contributed by atoms with Crippen LogP contribution in [0.2, 0.25) is 0 Å². The topological polar surface area (TPSA) is 49.7 Å². The monoisotopic (exact) mass is 278 g/mol. The van der Waals surface area contributed by atoms with Crippen LogP contribution in [0, 0.1) is 6.92 Å². The highest BCUT2D eigenvalue weighted by atomic mass is 16.5. The largest absolute Gasteiger partial charge is 0.508 e. The lowest BCUT2D eigenvalue weighted by molar-refractivity contribution is 0.300. The Bertz CT molecular complexity index is 881. The molecule has 3 aromatic rings. The molecule has 21 heavy (non-hydrogen) atoms. The summed E-state index contributed by atoms with van der Waals surface area (Å²) < 4.78 is 5.89. The lowest BCUT2D eigenvalue weighted by Crippen LogP contribution is -2.07. The van der Waals surface area contributed by atoms with E-state index in [-0.39, 0.29) is 11.5 Å². The van der Waals surface area contributed by atoms with Crippen molar-refractivity contribution >= 4 is 10.8 Å². The van der Waals surface area contributed by atoms with E-state index in [9.17, 15) is 10.2 Å². The molecule has 0 saturated heterocycles. The third-order valence-electron chi connectivity index (χ3n) is 4.08. The van der Waals surface area contributed by atoms with Crippen LogP contribution < -0.4 is 4.74 Å². The maximum atomic E-state index is 9.68. The molecule has 0 bridgehead atoms. The van der Waals surface area contributed by atoms with Crippen LogP contribution in [0.1, 0.15) is 11.1 Å². The predicted molar refractivity (Wildman–Crippen MR) is 81.8 cm³/mol. The molecule has 104 valence electrons. The van der Waals surface area contributed by atoms with Gasteiger partial charge in [-0.1, -0.05) is 12.1 Å². The van der Waals surface area contributed by atoms with E-state index in [4.69, 9.17) is 4.74 Å². The van der Waals surface area contributed by atoms with Gasteiger partial charge in [-0.05, 0) is 59.2 Å². The van der Waals surface area contributed by atoms with Gasteiger partial charge in [0.1, 0.15) is 23.9 Å². The summed E-state index contributed by atoms with van der Waals surface area (Å²) in [7, 11) is 0. The van der Waals surface area contributed by atoms with Crippen molar-refractivity contribution in [2.24, 2.45) is 0 Å². The van der Waals surface area contributed by atoms with Crippen LogP contribution in [0.5, 0.6) is 17.2 Å². The first kappa shape index (κ1) is 12.1. The van der Waals surface area contributed by atoms with Crippen molar-refractivity contribution in [3.63, 3.8) is 0 Å². The van der Waals surface area contributed by atoms with E-state index >= 15 is 0 Å². The molecule has 1 aliphatic heterocycles. The SMILES string of the molecule is Cc1c2c(cc3ccc(O)cc13)-c1ccc(O)cc1CO2. The molecule has 0 saturated carbocycles. The van der Waals surface area contributed by atoms with Gasteiger partial charge >= 0.3 is 0 Å². The van der Waals surface area contributed by atoms with Crippen LogP contribution in [0.3, 0.4) is 0 Å². The van der Waals surface area contributed by atoms with E-state index in [0.29, 0.717) is 6.61 Å². The maximum Gasteiger partial charge on any atom is 0.131 e. The Balaban J connectivity index is 2.06. The quantitative estimate of drug-likeness (QED) is 0.650. The van der Waals surface area contributed by atoms with Gasteiger partial charge < -0.3 is 14.9 Å². The Hall–Kier alpha value is -2.68. The number of phenols is 2. The number of aryl methyl sites for hydroxylation is 1. The zero-order chi connectivity index (χ0) is 14.6. The smallest absolute Gasteiger partial charge is 0.131 e. The van der Waals surface area contributed by atoms with Crippen molar-refractivity contribution in [1.82, 2.24) is 0 Å². The van der Waals surface area contributed by atoms with E-state index in [1.54, 1.807) is 24.3 Å². The van der Waals surface area contributed by atoms with E-state index in [0.717, 1.165) is 38.8 Å². The molecule has 1 heterocycles. The number of phenolic OH excluding ortho intramolecular Hbond substituents is 2. The summed E-state index contributed by atoms with van der Waals surface area (Å²) in [5, 5.41) is 21.3. The summed E-state index contributed by atoms with van der Waals surface area (Å²) in [6.45, 7) is 2.45. The number of fused-ring (bicyclic) bond motifs is 4. The molecular weight excluding hydrogens is 264 g/mol. The van der Waals surface area contributed by atoms with Gasteiger partial charge in [-0.2, -0.15) is 0 Å². The molecule has 2 N–H and O–H groups in total. The van der Waals surface area contributed by atoms with Gasteiger partial charge in [-0.25, -0.2) is 0 Å². The van der Waals surface area contributed by atoms with Gasteiger partial charge in [0, 0.05) is 11.1 Å². The normalized spacial score (nSPS) is 12.6. The van der Waals surface area contributed by atoms with Crippen LogP contribution >= 0.6 is 0 Å². The molecule has 3 nitrogen and oxygen atoms in total. The summed E-state index contributed by atoms with van der Waals surface area (Å²) in [5.74, 6) is 1.36. The molecular formula is C18H14O3. The second-order valence-corrected chi connectivity index (χ2v) is 5.41. The molecule has 0 unspecified atom stereocenters. The molecule has 0 aliphatic carbocycles. The minimum Gasteiger partial charge on any atom is -0.508 e. The summed E-state index contributed by atoms with van der Waals surface area (Å²) >= 11 is 0. The van der Waals surface area contributed by atoms with Gasteiger partial charge in [0.25, 0.3) is 0 Å². The Morgan fingerprint density at radius 1 is 0.905 bits per heavy atom. The minimum atomic E-state index is 0.253. The fourth-order valence-electron chi connectivity index (χ4n) is 3.04. The molecule has 0 amide bonds. The van der Waals surface area contributed by atoms with E-state index < -0.39 is 0 Å². The maximum absolute atomic E-state index is 9.68. The first-order chi connectivity index (χ1) is 10.1. The number of ether oxygens (including phenoxy) is 1. The van der Waals surface area contributed by atoms with E-state index in [1.165, 1.54) is 0 Å². The van der Waals surface area contributed by atoms with E-state index in [2.05, 4.69) is 6.07 Å². The van der Waals surface area contributed by atoms with Crippen molar-refractivity contribution < 1.29 is 14.9 Å². The molecule has 1 aliphatic rings. The first-order valence-corrected chi connectivity index (χ1v) is 6.85. The van der Waals surface area contributed by atoms with Crippen molar-refractivity contribution in [3.8, 4) is 28.4 Å². The Kier molecular flexibility index (Phi) is 2.39. The summed E-state index contributed by atoms with van der Waals surface area (Å²) in [6.07, 6.45) is 0. The minimum absolute atomic E-state index is 0.253. The standard InChI is InChI=1S/C18H14O3/c1-10-16-8-14(20)3-2-11(16)7-17-15-5-4-13(19)6-12(15)9-21-18(10)17/h2-8,19-20H,9H2,1H3. The third kappa shape index (κ3) is 1.74. The Morgan fingerprint density at radius 3 is 2.52 bits per heavy atom. The summed E-state index contributed by atoms with van der Waals surface area (Å²) in [6, 6.07) is 12.8. The van der Waals surface area contributed by atoms with Crippen molar-refractivity contribution in [1.29, 1.82) is 0 Å². The second-order valence-electron chi connectivity index (χ2n) is 5.41. The highest BCUT2D eigenvalue weighted by Crippen LogP contribution is 2.44. The number of benzene rings is 3. The summed E-state index contributed by atoms with van der Waals surface area (Å²) in [5.41, 5.74) is 4.14. The van der Waals surface area contributed by atoms with Crippen LogP contribution in [0.4, 0.5) is 0 Å². The number of aromatic hydroxyl groups is 2. The second kappa shape index (κ2) is 4.16. The van der Waals surface area contributed by atoms with Crippen LogP contribution in [0.15, 0.2) is 42.5 Å². The van der Waals surface area contributed by atoms with Gasteiger partial charge in [-0.15, -0.1) is 0 Å². The lowest BCUT2D eigenvalue weighted by Gasteiger charge is -2.24. The zero-order valence-corrected chi connectivity index (χ0v) is 11.6. The van der Waals surface area contributed by atoms with Gasteiger partial charge in [0.05, 0.1) is 0 Å². The predicted octanol–water partition coefficient (Wildman–Crippen LogP) is 4.12. The van der Waals surface area contributed by atoms with Crippen molar-refractivity contribution in [2.45, 2.75) is 13.5 Å². The van der Waals surface area contributed by atoms with Crippen molar-refractivity contribution in [2.75, 3.05) is 0 Å². The molecule has 3 aromatic carbocycles. The van der Waals surface area contributed by atoms with Crippen molar-refractivity contribution in [3.05, 3.63) is 53.6 Å². The first-order valence-electron chi connectivity index (χ1n) is 6.85. The van der Waals surface area contributed by atoms with Crippen LogP contribution in [0.25, 0.3) is 21.9 Å². The van der Waals surface area contributed by atoms with Gasteiger partial charge in [-0.3, -0.25) is 0 Å². The molecule has 0 atom stereocenters. The molecule has 0 aromatic heterocycles. The highest BCUT2D eigenvalue weighted by molar-refractivity contribution is 5.95. The highest BCUT2D eigenvalue weighted by Gasteiger charge is 2.21. The van der Waals surface area contributed by atoms with Crippen LogP contribution in [-0.4, -0.2) is 10.2 Å². The Morgan fingerprint density at radius 2 is 1.67 bits per heavy atom. The molecule has 3 heteroatoms. The van der Waals surface area contributed by atoms with Gasteiger partial charge in [0.2, 0.25) is 0 Å². The van der Waals surface area contributed by atoms with Crippen LogP contribution in [-0.2, 0) is 6.61 Å². The average molecular weight is 278 g/mol. The molecule has 0 fully saturated rings. The molecule has 4 rings (SSSR count). The van der Waals surface area contributed by atoms with Gasteiger partial charge in [0.15, 0.2) is 0 Å². The number of hydrogen-bond donors (Lipinski definition) is 2. The fraction of sp³-hybridized carbons (Fsp3) is 0.111. The summed E-state index contributed by atoms with van der Waals surface area (Å²) in [4.78, 5) is 0. The molecule has 0 spiro atoms. The van der Waals surface area contributed by atoms with E-state index in [1.807, 2.05) is 19.1 Å². The number of rotatable bonds is 0. The third-order valence-corrected chi connectivity index (χ3v) is 4.08. The number of hydrogen-bond acceptors (Lipinski definition) is 3. The zero-order valence-electron chi connectivity index (χ0n) is 11.6. The average Bonchev–Trinajstić information content (AvgIpc) is 2.47. The lowest BCUT2D eigenvalue weighted by atomic mass is 9.91. The fourth-order valence-corrected chi connectivity index (χ4v) is 3.04. The molecule has 0 radical (unpaired) electrons. The Labute approximate surface area is 122 Å².